The minimum atomic E-state index is -0.0479. The summed E-state index contributed by atoms with van der Waals surface area (Å²) in [6.45, 7) is 3.96. The lowest BCUT2D eigenvalue weighted by Crippen LogP contribution is -2.22. The van der Waals surface area contributed by atoms with Crippen LogP contribution in [0.5, 0.6) is 5.75 Å². The molecule has 0 radical (unpaired) electrons. The molecule has 3 aromatic heterocycles. The Morgan fingerprint density at radius 1 is 1.03 bits per heavy atom. The average Bonchev–Trinajstić information content (AvgIpc) is 3.60. The summed E-state index contributed by atoms with van der Waals surface area (Å²) in [6, 6.07) is 19.3. The number of nitrogens with zero attached hydrogens (tertiary/aromatic N) is 3. The predicted molar refractivity (Wildman–Crippen MR) is 154 cm³/mol. The fourth-order valence-electron chi connectivity index (χ4n) is 5.31. The highest BCUT2D eigenvalue weighted by Gasteiger charge is 2.25. The van der Waals surface area contributed by atoms with E-state index in [1.807, 2.05) is 74.5 Å². The van der Waals surface area contributed by atoms with Gasteiger partial charge in [0.1, 0.15) is 10.6 Å². The topological polar surface area (TPSA) is 66.1 Å². The van der Waals surface area contributed by atoms with Crippen molar-refractivity contribution in [1.82, 2.24) is 14.1 Å². The van der Waals surface area contributed by atoms with Gasteiger partial charge >= 0.3 is 0 Å². The van der Waals surface area contributed by atoms with E-state index >= 15 is 0 Å². The molecule has 0 amide bonds. The Hall–Kier alpha value is -3.62. The third-order valence-electron chi connectivity index (χ3n) is 7.12. The summed E-state index contributed by atoms with van der Waals surface area (Å²) in [7, 11) is 1.64. The summed E-state index contributed by atoms with van der Waals surface area (Å²) in [6.07, 6.45) is 3.02. The Balaban J connectivity index is 1.35. The van der Waals surface area contributed by atoms with Crippen LogP contribution >= 0.6 is 23.1 Å². The van der Waals surface area contributed by atoms with Gasteiger partial charge in [0.2, 0.25) is 0 Å². The van der Waals surface area contributed by atoms with Gasteiger partial charge in [0.15, 0.2) is 10.9 Å². The van der Waals surface area contributed by atoms with Crippen LogP contribution in [0.15, 0.2) is 70.6 Å². The van der Waals surface area contributed by atoms with Crippen LogP contribution in [-0.4, -0.2) is 32.8 Å². The number of para-hydroxylation sites is 1. The maximum absolute atomic E-state index is 13.8. The third-order valence-corrected chi connectivity index (χ3v) is 9.24. The molecule has 6 nitrogen and oxygen atoms in total. The number of methoxy groups -OCH3 is 1. The zero-order valence-electron chi connectivity index (χ0n) is 21.5. The van der Waals surface area contributed by atoms with E-state index in [4.69, 9.17) is 9.72 Å². The first-order valence-electron chi connectivity index (χ1n) is 12.6. The second kappa shape index (κ2) is 9.93. The molecule has 1 aliphatic rings. The van der Waals surface area contributed by atoms with Crippen LogP contribution in [0.3, 0.4) is 0 Å². The average molecular weight is 542 g/mol. The van der Waals surface area contributed by atoms with E-state index in [1.165, 1.54) is 16.6 Å². The SMILES string of the molecule is COc1ccc(-n2c(C)cc(C(=O)CSc3nc4sc5c(c4c(=O)n3-c3ccccc3)CCC5)c2C)cc1. The standard InChI is InChI=1S/C30H27N3O3S2/c1-18-16-24(19(2)32(18)21-12-14-22(36-3)15-13-21)25(34)17-37-30-31-28-27(23-10-7-11-26(23)38-28)29(35)33(30)20-8-5-4-6-9-20/h4-6,8-9,12-16H,7,10-11,17H2,1-3H3. The van der Waals surface area contributed by atoms with E-state index < -0.39 is 0 Å². The number of fused-ring (bicyclic) bond motifs is 3. The normalized spacial score (nSPS) is 12.7. The zero-order valence-corrected chi connectivity index (χ0v) is 23.1. The Kier molecular flexibility index (Phi) is 6.45. The number of thiophene rings is 1. The molecule has 0 atom stereocenters. The summed E-state index contributed by atoms with van der Waals surface area (Å²) in [5, 5.41) is 1.29. The van der Waals surface area contributed by atoms with Crippen molar-refractivity contribution in [2.24, 2.45) is 0 Å². The number of ether oxygens (including phenoxy) is 1. The Morgan fingerprint density at radius 2 is 1.76 bits per heavy atom. The van der Waals surface area contributed by atoms with Gasteiger partial charge in [-0.2, -0.15) is 0 Å². The number of aryl methyl sites for hydroxylation is 3. The van der Waals surface area contributed by atoms with Crippen LogP contribution in [0.25, 0.3) is 21.6 Å². The quantitative estimate of drug-likeness (QED) is 0.137. The summed E-state index contributed by atoms with van der Waals surface area (Å²) in [5.74, 6) is 0.974. The molecule has 38 heavy (non-hydrogen) atoms. The highest BCUT2D eigenvalue weighted by atomic mass is 32.2. The summed E-state index contributed by atoms with van der Waals surface area (Å²) in [5.41, 5.74) is 5.39. The van der Waals surface area contributed by atoms with Crippen LogP contribution in [-0.2, 0) is 12.8 Å². The molecule has 6 rings (SSSR count). The van der Waals surface area contributed by atoms with E-state index in [0.29, 0.717) is 10.7 Å². The maximum Gasteiger partial charge on any atom is 0.267 e. The van der Waals surface area contributed by atoms with Crippen molar-refractivity contribution >= 4 is 39.1 Å². The number of carbonyl (C=O) groups is 1. The molecule has 2 aromatic carbocycles. The lowest BCUT2D eigenvalue weighted by atomic mass is 10.2. The Labute approximate surface area is 228 Å². The molecule has 0 saturated heterocycles. The van der Waals surface area contributed by atoms with Crippen LogP contribution in [0, 0.1) is 13.8 Å². The molecule has 8 heteroatoms. The Bertz CT molecular complexity index is 1730. The van der Waals surface area contributed by atoms with Crippen LogP contribution < -0.4 is 10.3 Å². The molecule has 0 unspecified atom stereocenters. The van der Waals surface area contributed by atoms with Crippen molar-refractivity contribution in [1.29, 1.82) is 0 Å². The molecule has 0 N–H and O–H groups in total. The largest absolute Gasteiger partial charge is 0.497 e. The molecule has 192 valence electrons. The number of benzene rings is 2. The van der Waals surface area contributed by atoms with Crippen molar-refractivity contribution in [3.05, 3.63) is 98.4 Å². The van der Waals surface area contributed by atoms with E-state index in [9.17, 15) is 9.59 Å². The van der Waals surface area contributed by atoms with Gasteiger partial charge in [-0.05, 0) is 81.1 Å². The van der Waals surface area contributed by atoms with Crippen molar-refractivity contribution in [3.8, 4) is 17.1 Å². The van der Waals surface area contributed by atoms with Gasteiger partial charge in [-0.3, -0.25) is 14.2 Å². The number of aromatic nitrogens is 3. The van der Waals surface area contributed by atoms with Gasteiger partial charge in [-0.1, -0.05) is 30.0 Å². The fraction of sp³-hybridized carbons (Fsp3) is 0.233. The number of hydrogen-bond donors (Lipinski definition) is 0. The van der Waals surface area contributed by atoms with Crippen molar-refractivity contribution in [2.45, 2.75) is 38.3 Å². The molecule has 3 heterocycles. The van der Waals surface area contributed by atoms with E-state index in [0.717, 1.165) is 63.6 Å². The second-order valence-electron chi connectivity index (χ2n) is 9.44. The number of carbonyl (C=O) groups excluding carboxylic acids is 1. The van der Waals surface area contributed by atoms with Gasteiger partial charge in [-0.25, -0.2) is 4.98 Å². The number of hydrogen-bond acceptors (Lipinski definition) is 6. The lowest BCUT2D eigenvalue weighted by molar-refractivity contribution is 0.102. The van der Waals surface area contributed by atoms with E-state index in [-0.39, 0.29) is 17.1 Å². The van der Waals surface area contributed by atoms with E-state index in [1.54, 1.807) is 23.0 Å². The highest BCUT2D eigenvalue weighted by molar-refractivity contribution is 7.99. The minimum absolute atomic E-state index is 0.00509. The van der Waals surface area contributed by atoms with Gasteiger partial charge in [0.25, 0.3) is 5.56 Å². The Morgan fingerprint density at radius 3 is 2.50 bits per heavy atom. The van der Waals surface area contributed by atoms with Crippen molar-refractivity contribution in [2.75, 3.05) is 12.9 Å². The number of Topliss-reactive ketones (excluding diaryl/α,β-unsaturated/α-hetero) is 1. The van der Waals surface area contributed by atoms with Gasteiger partial charge in [-0.15, -0.1) is 11.3 Å². The summed E-state index contributed by atoms with van der Waals surface area (Å²) in [4.78, 5) is 34.3. The van der Waals surface area contributed by atoms with Crippen LogP contribution in [0.4, 0.5) is 0 Å². The van der Waals surface area contributed by atoms with Crippen LogP contribution in [0.2, 0.25) is 0 Å². The first-order valence-corrected chi connectivity index (χ1v) is 14.4. The fourth-order valence-corrected chi connectivity index (χ4v) is 7.51. The first kappa shape index (κ1) is 24.7. The summed E-state index contributed by atoms with van der Waals surface area (Å²) >= 11 is 2.94. The third kappa shape index (κ3) is 4.18. The molecular weight excluding hydrogens is 514 g/mol. The molecule has 0 fully saturated rings. The molecule has 0 aliphatic heterocycles. The maximum atomic E-state index is 13.8. The monoisotopic (exact) mass is 541 g/mol. The molecule has 1 aliphatic carbocycles. The number of thioether (sulfide) groups is 1. The molecule has 0 saturated carbocycles. The van der Waals surface area contributed by atoms with Gasteiger partial charge < -0.3 is 9.30 Å². The lowest BCUT2D eigenvalue weighted by Gasteiger charge is -2.12. The van der Waals surface area contributed by atoms with Gasteiger partial charge in [0.05, 0.1) is 23.9 Å². The molecular formula is C30H27N3O3S2. The second-order valence-corrected chi connectivity index (χ2v) is 11.5. The highest BCUT2D eigenvalue weighted by Crippen LogP contribution is 2.36. The minimum Gasteiger partial charge on any atom is -0.497 e. The predicted octanol–water partition coefficient (Wildman–Crippen LogP) is 6.33. The van der Waals surface area contributed by atoms with Crippen molar-refractivity contribution in [3.63, 3.8) is 0 Å². The molecule has 5 aromatic rings. The van der Waals surface area contributed by atoms with Crippen molar-refractivity contribution < 1.29 is 9.53 Å². The van der Waals surface area contributed by atoms with Gasteiger partial charge in [0, 0.05) is 27.5 Å². The molecule has 0 spiro atoms. The molecule has 0 bridgehead atoms. The first-order chi connectivity index (χ1) is 18.5. The zero-order chi connectivity index (χ0) is 26.4. The van der Waals surface area contributed by atoms with E-state index in [2.05, 4.69) is 4.57 Å². The summed E-state index contributed by atoms with van der Waals surface area (Å²) < 4.78 is 9.03. The number of rotatable bonds is 7. The number of ketones is 1. The van der Waals surface area contributed by atoms with Crippen LogP contribution in [0.1, 0.15) is 38.6 Å². The smallest absolute Gasteiger partial charge is 0.267 e.